The van der Waals surface area contributed by atoms with Crippen LogP contribution in [-0.4, -0.2) is 40.0 Å². The molecule has 1 aliphatic heterocycles. The van der Waals surface area contributed by atoms with Crippen molar-refractivity contribution in [3.05, 3.63) is 77.2 Å². The second-order valence-corrected chi connectivity index (χ2v) is 9.26. The predicted molar refractivity (Wildman–Crippen MR) is 134 cm³/mol. The number of pyridine rings is 1. The molecular weight excluding hydrogens is 484 g/mol. The van der Waals surface area contributed by atoms with Gasteiger partial charge in [0.1, 0.15) is 11.6 Å². The Labute approximate surface area is 238 Å². The zero-order valence-electron chi connectivity index (χ0n) is 21.3. The number of aliphatic carboxylic acids is 1. The van der Waals surface area contributed by atoms with Crippen LogP contribution in [0.25, 0.3) is 28.5 Å². The van der Waals surface area contributed by atoms with Gasteiger partial charge in [0.25, 0.3) is 0 Å². The number of aliphatic hydroxyl groups is 2. The molecule has 2 atom stereocenters. The minimum absolute atomic E-state index is 0. The molecule has 3 aromatic rings. The molecule has 0 saturated heterocycles. The molecule has 1 aliphatic rings. The number of hydrogen-bond donors (Lipinski definition) is 2. The van der Waals surface area contributed by atoms with Gasteiger partial charge in [0.2, 0.25) is 0 Å². The number of halogens is 1. The Morgan fingerprint density at radius 3 is 2.54 bits per heavy atom. The van der Waals surface area contributed by atoms with E-state index in [-0.39, 0.29) is 47.7 Å². The van der Waals surface area contributed by atoms with Crippen molar-refractivity contribution in [3.8, 4) is 28.1 Å². The number of nitrogens with zero attached hydrogens (tertiary/aromatic N) is 1. The summed E-state index contributed by atoms with van der Waals surface area (Å²) in [6.07, 6.45) is 0.862. The van der Waals surface area contributed by atoms with Crippen LogP contribution in [0.4, 0.5) is 4.39 Å². The number of carbonyl (C=O) groups is 1. The monoisotopic (exact) mass is 513 g/mol. The van der Waals surface area contributed by atoms with Gasteiger partial charge in [0.05, 0.1) is 30.2 Å². The number of ether oxygens (including phenoxy) is 1. The second-order valence-electron chi connectivity index (χ2n) is 9.26. The van der Waals surface area contributed by atoms with Crippen molar-refractivity contribution in [2.24, 2.45) is 0 Å². The van der Waals surface area contributed by atoms with Crippen LogP contribution in [0.15, 0.2) is 54.6 Å². The number of carboxylic acid groups (broad SMARTS) is 1. The smallest absolute Gasteiger partial charge is 0.550 e. The van der Waals surface area contributed by atoms with Gasteiger partial charge in [-0.2, -0.15) is 0 Å². The largest absolute Gasteiger partial charge is 1.00 e. The van der Waals surface area contributed by atoms with Crippen molar-refractivity contribution in [1.29, 1.82) is 0 Å². The first-order valence-corrected chi connectivity index (χ1v) is 12.0. The summed E-state index contributed by atoms with van der Waals surface area (Å²) in [5, 5.41) is 31.1. The quantitative estimate of drug-likeness (QED) is 0.434. The van der Waals surface area contributed by atoms with Gasteiger partial charge in [-0.25, -0.2) is 4.39 Å². The van der Waals surface area contributed by atoms with Crippen LogP contribution in [0.3, 0.4) is 0 Å². The molecular formula is C29H29FNNaO5. The summed E-state index contributed by atoms with van der Waals surface area (Å²) in [5.41, 5.74) is 5.92. The zero-order chi connectivity index (χ0) is 25.8. The Hall–Kier alpha value is -2.55. The number of rotatable bonds is 8. The third-order valence-electron chi connectivity index (χ3n) is 6.20. The summed E-state index contributed by atoms with van der Waals surface area (Å²) in [6, 6.07) is 14.0. The molecule has 188 valence electrons. The third-order valence-corrected chi connectivity index (χ3v) is 6.20. The van der Waals surface area contributed by atoms with E-state index in [0.29, 0.717) is 13.0 Å². The normalized spacial score (nSPS) is 14.2. The van der Waals surface area contributed by atoms with Crippen LogP contribution in [0.5, 0.6) is 5.75 Å². The minimum atomic E-state index is -1.38. The van der Waals surface area contributed by atoms with Crippen molar-refractivity contribution in [2.45, 2.75) is 51.2 Å². The van der Waals surface area contributed by atoms with Crippen molar-refractivity contribution in [2.75, 3.05) is 6.61 Å². The number of benzene rings is 2. The summed E-state index contributed by atoms with van der Waals surface area (Å²) in [4.78, 5) is 15.8. The van der Waals surface area contributed by atoms with Crippen LogP contribution in [-0.2, 0) is 11.2 Å². The van der Waals surface area contributed by atoms with Crippen LogP contribution in [0, 0.1) is 5.82 Å². The third kappa shape index (κ3) is 6.86. The van der Waals surface area contributed by atoms with Crippen LogP contribution < -0.4 is 39.4 Å². The van der Waals surface area contributed by atoms with Gasteiger partial charge in [-0.1, -0.05) is 50.3 Å². The van der Waals surface area contributed by atoms with Gasteiger partial charge in [0, 0.05) is 36.4 Å². The molecule has 0 unspecified atom stereocenters. The van der Waals surface area contributed by atoms with Gasteiger partial charge >= 0.3 is 29.6 Å². The summed E-state index contributed by atoms with van der Waals surface area (Å²) in [5.74, 6) is -0.946. The van der Waals surface area contributed by atoms with Gasteiger partial charge in [0.15, 0.2) is 0 Å². The number of aromatic nitrogens is 1. The maximum atomic E-state index is 13.8. The van der Waals surface area contributed by atoms with Crippen molar-refractivity contribution >= 4 is 12.0 Å². The Morgan fingerprint density at radius 2 is 1.86 bits per heavy atom. The number of fused-ring (bicyclic) bond motifs is 3. The number of carbonyl (C=O) groups excluding carboxylic acids is 1. The van der Waals surface area contributed by atoms with Crippen molar-refractivity contribution in [3.63, 3.8) is 0 Å². The molecule has 8 heteroatoms. The molecule has 37 heavy (non-hydrogen) atoms. The Bertz CT molecular complexity index is 1280. The van der Waals surface area contributed by atoms with Crippen LogP contribution in [0.1, 0.15) is 49.4 Å². The summed E-state index contributed by atoms with van der Waals surface area (Å²) >= 11 is 0. The minimum Gasteiger partial charge on any atom is -0.550 e. The first-order chi connectivity index (χ1) is 17.2. The van der Waals surface area contributed by atoms with Crippen molar-refractivity contribution < 1.29 is 58.8 Å². The topological polar surface area (TPSA) is 103 Å². The maximum absolute atomic E-state index is 13.8. The molecule has 0 spiro atoms. The Morgan fingerprint density at radius 1 is 1.16 bits per heavy atom. The molecule has 6 nitrogen and oxygen atoms in total. The average Bonchev–Trinajstić information content (AvgIpc) is 3.01. The van der Waals surface area contributed by atoms with Gasteiger partial charge in [-0.3, -0.25) is 4.98 Å². The molecule has 4 rings (SSSR count). The fourth-order valence-corrected chi connectivity index (χ4v) is 4.57. The van der Waals surface area contributed by atoms with E-state index in [4.69, 9.17) is 9.72 Å². The van der Waals surface area contributed by atoms with E-state index < -0.39 is 24.6 Å². The van der Waals surface area contributed by atoms with E-state index in [0.717, 1.165) is 45.0 Å². The molecule has 0 saturated carbocycles. The van der Waals surface area contributed by atoms with Crippen molar-refractivity contribution in [1.82, 2.24) is 4.98 Å². The molecule has 1 aromatic heterocycles. The standard InChI is InChI=1S/C29H30FNO5.Na/c1-17(2)28-23(12-11-20(32)15-21(33)16-26(34)35)27(18-7-9-19(30)10-8-18)24-13-14-36-25-6-4-3-5-22(25)29(24)31-28;/h3-12,17,20-21,32-33H,13-16H2,1-2H3,(H,34,35);/q;+1/p-1/b12-11+;/t20-,21-;/m1./s1. The molecule has 2 N–H and O–H groups in total. The van der Waals surface area contributed by atoms with Crippen LogP contribution in [0.2, 0.25) is 0 Å². The fraction of sp³-hybridized carbons (Fsp3) is 0.310. The predicted octanol–water partition coefficient (Wildman–Crippen LogP) is 0.882. The average molecular weight is 514 g/mol. The van der Waals surface area contributed by atoms with Gasteiger partial charge in [-0.05, 0) is 46.9 Å². The fourth-order valence-electron chi connectivity index (χ4n) is 4.57. The SMILES string of the molecule is CC(C)c1nc2c(c(-c3ccc(F)cc3)c1/C=C/[C@@H](O)C[C@@H](O)CC(=O)[O-])CCOc1ccccc1-2.[Na+]. The number of hydrogen-bond acceptors (Lipinski definition) is 6. The maximum Gasteiger partial charge on any atom is 1.00 e. The summed E-state index contributed by atoms with van der Waals surface area (Å²) in [7, 11) is 0. The Balaban J connectivity index is 0.00000380. The van der Waals surface area contributed by atoms with E-state index >= 15 is 0 Å². The van der Waals surface area contributed by atoms with E-state index in [1.165, 1.54) is 18.2 Å². The zero-order valence-corrected chi connectivity index (χ0v) is 23.3. The van der Waals surface area contributed by atoms with Crippen LogP contribution >= 0.6 is 0 Å². The molecule has 0 aliphatic carbocycles. The van der Waals surface area contributed by atoms with E-state index in [1.54, 1.807) is 18.2 Å². The van der Waals surface area contributed by atoms with Gasteiger partial charge < -0.3 is 24.9 Å². The first kappa shape index (κ1) is 29.0. The summed E-state index contributed by atoms with van der Waals surface area (Å²) in [6.45, 7) is 4.50. The van der Waals surface area contributed by atoms with E-state index in [2.05, 4.69) is 0 Å². The second kappa shape index (κ2) is 12.8. The molecule has 2 aromatic carbocycles. The van der Waals surface area contributed by atoms with Gasteiger partial charge in [-0.15, -0.1) is 0 Å². The number of carboxylic acids is 1. The number of aliphatic hydroxyl groups excluding tert-OH is 2. The molecule has 2 heterocycles. The van der Waals surface area contributed by atoms with E-state index in [1.807, 2.05) is 38.1 Å². The Kier molecular flexibility index (Phi) is 10.0. The number of para-hydroxylation sites is 1. The molecule has 0 amide bonds. The summed E-state index contributed by atoms with van der Waals surface area (Å²) < 4.78 is 19.8. The molecule has 0 fully saturated rings. The first-order valence-electron chi connectivity index (χ1n) is 12.0. The molecule has 0 bridgehead atoms. The molecule has 0 radical (unpaired) electrons. The van der Waals surface area contributed by atoms with E-state index in [9.17, 15) is 24.5 Å².